The lowest BCUT2D eigenvalue weighted by Gasteiger charge is -2.12. The van der Waals surface area contributed by atoms with Crippen LogP contribution in [0.2, 0.25) is 10.0 Å². The lowest BCUT2D eigenvalue weighted by molar-refractivity contribution is -0.147. The maximum Gasteiger partial charge on any atom is 0.306 e. The van der Waals surface area contributed by atoms with E-state index in [1.54, 1.807) is 12.1 Å². The lowest BCUT2D eigenvalue weighted by atomic mass is 9.98. The lowest BCUT2D eigenvalue weighted by Crippen LogP contribution is -2.21. The minimum Gasteiger partial charge on any atom is -0.456 e. The van der Waals surface area contributed by atoms with Crippen LogP contribution in [0.15, 0.2) is 48.5 Å². The number of hydrogen-bond acceptors (Lipinski definition) is 3. The van der Waals surface area contributed by atoms with Crippen molar-refractivity contribution < 1.29 is 14.3 Å². The standard InChI is InChI=1S/C18H17Cl2NO3/c1-12(13-5-3-2-4-6-13)9-18(23)24-11-17(22)21-16-8-7-14(19)10-15(16)20/h2-8,10,12H,9,11H2,1H3,(H,21,22)/t12-/m1/s1. The van der Waals surface area contributed by atoms with Crippen LogP contribution in [-0.4, -0.2) is 18.5 Å². The van der Waals surface area contributed by atoms with Crippen molar-refractivity contribution in [3.8, 4) is 0 Å². The molecule has 1 amide bonds. The molecule has 0 saturated carbocycles. The molecule has 0 heterocycles. The second-order valence-electron chi connectivity index (χ2n) is 5.35. The molecule has 126 valence electrons. The van der Waals surface area contributed by atoms with E-state index in [1.165, 1.54) is 6.07 Å². The smallest absolute Gasteiger partial charge is 0.306 e. The molecular weight excluding hydrogens is 349 g/mol. The van der Waals surface area contributed by atoms with Gasteiger partial charge in [0.2, 0.25) is 0 Å². The Balaban J connectivity index is 1.80. The van der Waals surface area contributed by atoms with E-state index < -0.39 is 11.9 Å². The summed E-state index contributed by atoms with van der Waals surface area (Å²) in [6.45, 7) is 1.57. The number of halogens is 2. The molecule has 0 saturated heterocycles. The minimum atomic E-state index is -0.458. The Morgan fingerprint density at radius 2 is 1.83 bits per heavy atom. The quantitative estimate of drug-likeness (QED) is 0.756. The van der Waals surface area contributed by atoms with Crippen molar-refractivity contribution in [2.24, 2.45) is 0 Å². The zero-order valence-electron chi connectivity index (χ0n) is 13.1. The molecule has 1 atom stereocenters. The van der Waals surface area contributed by atoms with E-state index in [-0.39, 0.29) is 18.9 Å². The third-order valence-electron chi connectivity index (χ3n) is 3.41. The van der Waals surface area contributed by atoms with Crippen molar-refractivity contribution >= 4 is 40.8 Å². The van der Waals surface area contributed by atoms with Crippen LogP contribution in [0.4, 0.5) is 5.69 Å². The van der Waals surface area contributed by atoms with E-state index in [0.29, 0.717) is 15.7 Å². The summed E-state index contributed by atoms with van der Waals surface area (Å²) in [4.78, 5) is 23.7. The molecule has 6 heteroatoms. The van der Waals surface area contributed by atoms with Gasteiger partial charge >= 0.3 is 5.97 Å². The highest BCUT2D eigenvalue weighted by Gasteiger charge is 2.14. The van der Waals surface area contributed by atoms with Crippen LogP contribution < -0.4 is 5.32 Å². The molecule has 24 heavy (non-hydrogen) atoms. The fraction of sp³-hybridized carbons (Fsp3) is 0.222. The van der Waals surface area contributed by atoms with Gasteiger partial charge in [-0.15, -0.1) is 0 Å². The monoisotopic (exact) mass is 365 g/mol. The van der Waals surface area contributed by atoms with Gasteiger partial charge < -0.3 is 10.1 Å². The average molecular weight is 366 g/mol. The molecule has 2 rings (SSSR count). The van der Waals surface area contributed by atoms with Gasteiger partial charge in [0.25, 0.3) is 5.91 Å². The number of rotatable bonds is 6. The molecule has 0 bridgehead atoms. The van der Waals surface area contributed by atoms with Gasteiger partial charge in [0.05, 0.1) is 17.1 Å². The predicted molar refractivity (Wildman–Crippen MR) is 95.5 cm³/mol. The Morgan fingerprint density at radius 3 is 2.50 bits per heavy atom. The Hall–Kier alpha value is -2.04. The van der Waals surface area contributed by atoms with Gasteiger partial charge in [0.1, 0.15) is 0 Å². The van der Waals surface area contributed by atoms with Crippen LogP contribution in [0.3, 0.4) is 0 Å². The minimum absolute atomic E-state index is 0.0208. The van der Waals surface area contributed by atoms with E-state index >= 15 is 0 Å². The molecule has 1 N–H and O–H groups in total. The topological polar surface area (TPSA) is 55.4 Å². The van der Waals surface area contributed by atoms with Crippen LogP contribution in [0.1, 0.15) is 24.8 Å². The van der Waals surface area contributed by atoms with Gasteiger partial charge in [-0.1, -0.05) is 60.5 Å². The van der Waals surface area contributed by atoms with E-state index in [1.807, 2.05) is 37.3 Å². The zero-order valence-corrected chi connectivity index (χ0v) is 14.6. The Kier molecular flexibility index (Phi) is 6.64. The number of amides is 1. The van der Waals surface area contributed by atoms with Crippen molar-refractivity contribution in [3.05, 3.63) is 64.1 Å². The van der Waals surface area contributed by atoms with Crippen LogP contribution in [0.5, 0.6) is 0 Å². The molecular formula is C18H17Cl2NO3. The number of carbonyl (C=O) groups excluding carboxylic acids is 2. The first-order valence-electron chi connectivity index (χ1n) is 7.41. The molecule has 0 aromatic heterocycles. The summed E-state index contributed by atoms with van der Waals surface area (Å²) in [7, 11) is 0. The van der Waals surface area contributed by atoms with Crippen LogP contribution in [0.25, 0.3) is 0 Å². The van der Waals surface area contributed by atoms with Crippen molar-refractivity contribution in [2.75, 3.05) is 11.9 Å². The first-order valence-corrected chi connectivity index (χ1v) is 8.17. The molecule has 0 aliphatic rings. The second-order valence-corrected chi connectivity index (χ2v) is 6.19. The average Bonchev–Trinajstić information content (AvgIpc) is 2.56. The molecule has 2 aromatic rings. The number of benzene rings is 2. The van der Waals surface area contributed by atoms with Crippen molar-refractivity contribution in [2.45, 2.75) is 19.3 Å². The molecule has 0 spiro atoms. The number of nitrogens with one attached hydrogen (secondary N) is 1. The molecule has 2 aromatic carbocycles. The highest BCUT2D eigenvalue weighted by molar-refractivity contribution is 6.36. The van der Waals surface area contributed by atoms with Gasteiger partial charge in [0.15, 0.2) is 6.61 Å². The summed E-state index contributed by atoms with van der Waals surface area (Å²) in [5, 5.41) is 3.36. The van der Waals surface area contributed by atoms with Crippen LogP contribution in [0, 0.1) is 0 Å². The fourth-order valence-corrected chi connectivity index (χ4v) is 2.59. The maximum atomic E-state index is 11.8. The summed E-state index contributed by atoms with van der Waals surface area (Å²) >= 11 is 11.8. The maximum absolute atomic E-state index is 11.8. The van der Waals surface area contributed by atoms with E-state index in [0.717, 1.165) is 5.56 Å². The summed E-state index contributed by atoms with van der Waals surface area (Å²) in [5.41, 5.74) is 1.46. The summed E-state index contributed by atoms with van der Waals surface area (Å²) in [6, 6.07) is 14.4. The number of hydrogen-bond donors (Lipinski definition) is 1. The normalized spacial score (nSPS) is 11.6. The van der Waals surface area contributed by atoms with Gasteiger partial charge in [-0.3, -0.25) is 9.59 Å². The Morgan fingerprint density at radius 1 is 1.12 bits per heavy atom. The van der Waals surface area contributed by atoms with Crippen LogP contribution in [-0.2, 0) is 14.3 Å². The fourth-order valence-electron chi connectivity index (χ4n) is 2.13. The number of esters is 1. The third-order valence-corrected chi connectivity index (χ3v) is 3.96. The van der Waals surface area contributed by atoms with Crippen LogP contribution >= 0.6 is 23.2 Å². The predicted octanol–water partition coefficient (Wildman–Crippen LogP) is 4.67. The van der Waals surface area contributed by atoms with Crippen molar-refractivity contribution in [3.63, 3.8) is 0 Å². The third kappa shape index (κ3) is 5.55. The van der Waals surface area contributed by atoms with Gasteiger partial charge in [-0.2, -0.15) is 0 Å². The molecule has 4 nitrogen and oxygen atoms in total. The first kappa shape index (κ1) is 18.3. The van der Waals surface area contributed by atoms with E-state index in [2.05, 4.69) is 5.32 Å². The van der Waals surface area contributed by atoms with E-state index in [9.17, 15) is 9.59 Å². The van der Waals surface area contributed by atoms with Gasteiger partial charge in [-0.05, 0) is 29.7 Å². The second kappa shape index (κ2) is 8.71. The molecule has 0 fully saturated rings. The first-order chi connectivity index (χ1) is 11.5. The van der Waals surface area contributed by atoms with Gasteiger partial charge in [0, 0.05) is 5.02 Å². The highest BCUT2D eigenvalue weighted by atomic mass is 35.5. The molecule has 0 aliphatic carbocycles. The largest absolute Gasteiger partial charge is 0.456 e. The van der Waals surface area contributed by atoms with Gasteiger partial charge in [-0.25, -0.2) is 0 Å². The SMILES string of the molecule is C[C@H](CC(=O)OCC(=O)Nc1ccc(Cl)cc1Cl)c1ccccc1. The molecule has 0 aliphatic heterocycles. The number of anilines is 1. The number of ether oxygens (including phenoxy) is 1. The summed E-state index contributed by atoms with van der Waals surface area (Å²) in [6.07, 6.45) is 0.207. The Bertz CT molecular complexity index is 719. The highest BCUT2D eigenvalue weighted by Crippen LogP contribution is 2.25. The van der Waals surface area contributed by atoms with Crippen molar-refractivity contribution in [1.82, 2.24) is 0 Å². The zero-order chi connectivity index (χ0) is 17.5. The van der Waals surface area contributed by atoms with Crippen molar-refractivity contribution in [1.29, 1.82) is 0 Å². The summed E-state index contributed by atoms with van der Waals surface area (Å²) in [5.74, 6) is -0.865. The Labute approximate surface area is 150 Å². The number of carbonyl (C=O) groups is 2. The molecule has 0 unspecified atom stereocenters. The molecule has 0 radical (unpaired) electrons. The van der Waals surface area contributed by atoms with E-state index in [4.69, 9.17) is 27.9 Å². The summed E-state index contributed by atoms with van der Waals surface area (Å²) < 4.78 is 5.01.